The Kier molecular flexibility index (Phi) is 4.27. The lowest BCUT2D eigenvalue weighted by molar-refractivity contribution is -0.187. The van der Waals surface area contributed by atoms with E-state index in [1.165, 1.54) is 0 Å². The summed E-state index contributed by atoms with van der Waals surface area (Å²) in [4.78, 5) is 11.5. The quantitative estimate of drug-likeness (QED) is 0.710. The van der Waals surface area contributed by atoms with Crippen molar-refractivity contribution in [1.82, 2.24) is 5.32 Å². The van der Waals surface area contributed by atoms with Gasteiger partial charge >= 0.3 is 6.18 Å². The molecule has 0 aromatic heterocycles. The minimum absolute atomic E-state index is 0.0329. The molecule has 1 aliphatic carbocycles. The molecular weight excluding hydrogens is 249 g/mol. The largest absolute Gasteiger partial charge is 0.415 e. The first-order chi connectivity index (χ1) is 8.15. The van der Waals surface area contributed by atoms with Crippen molar-refractivity contribution in [3.8, 4) is 0 Å². The van der Waals surface area contributed by atoms with E-state index in [9.17, 15) is 23.1 Å². The minimum atomic E-state index is -4.79. The monoisotopic (exact) mass is 268 g/mol. The average Bonchev–Trinajstić information content (AvgIpc) is 2.73. The van der Waals surface area contributed by atoms with Gasteiger partial charge in [0.1, 0.15) is 0 Å². The summed E-state index contributed by atoms with van der Waals surface area (Å²) in [5.74, 6) is -1.25. The van der Waals surface area contributed by atoms with Crippen LogP contribution in [0.2, 0.25) is 0 Å². The zero-order valence-electron chi connectivity index (χ0n) is 10.3. The number of hydrogen-bond donors (Lipinski definition) is 3. The van der Waals surface area contributed by atoms with E-state index < -0.39 is 23.0 Å². The van der Waals surface area contributed by atoms with Gasteiger partial charge in [0.05, 0.1) is 6.61 Å². The van der Waals surface area contributed by atoms with E-state index >= 15 is 0 Å². The van der Waals surface area contributed by atoms with E-state index in [1.807, 2.05) is 0 Å². The topological polar surface area (TPSA) is 75.4 Å². The van der Waals surface area contributed by atoms with Crippen LogP contribution in [0.4, 0.5) is 13.2 Å². The molecule has 1 aliphatic rings. The van der Waals surface area contributed by atoms with Crippen LogP contribution in [-0.4, -0.2) is 35.9 Å². The van der Waals surface area contributed by atoms with Crippen molar-refractivity contribution in [2.24, 2.45) is 11.1 Å². The van der Waals surface area contributed by atoms with E-state index in [-0.39, 0.29) is 13.2 Å². The average molecular weight is 268 g/mol. The van der Waals surface area contributed by atoms with Crippen LogP contribution in [0.3, 0.4) is 0 Å². The highest BCUT2D eigenvalue weighted by molar-refractivity contribution is 5.86. The second-order valence-corrected chi connectivity index (χ2v) is 5.25. The van der Waals surface area contributed by atoms with Gasteiger partial charge in [-0.25, -0.2) is 0 Å². The molecule has 1 fully saturated rings. The summed E-state index contributed by atoms with van der Waals surface area (Å²) in [5.41, 5.74) is 1.62. The number of carbonyl (C=O) groups is 1. The lowest BCUT2D eigenvalue weighted by atomic mass is 9.87. The molecule has 1 saturated carbocycles. The summed E-state index contributed by atoms with van der Waals surface area (Å²) in [7, 11) is 0. The van der Waals surface area contributed by atoms with Crippen LogP contribution in [0.25, 0.3) is 0 Å². The molecule has 1 amide bonds. The first-order valence-electron chi connectivity index (χ1n) is 5.89. The third-order valence-electron chi connectivity index (χ3n) is 3.68. The Balaban J connectivity index is 2.61. The van der Waals surface area contributed by atoms with Crippen LogP contribution in [0, 0.1) is 5.41 Å². The Morgan fingerprint density at radius 3 is 2.28 bits per heavy atom. The van der Waals surface area contributed by atoms with Crippen LogP contribution >= 0.6 is 0 Å². The molecule has 0 aliphatic heterocycles. The van der Waals surface area contributed by atoms with Crippen molar-refractivity contribution in [3.05, 3.63) is 0 Å². The Morgan fingerprint density at radius 1 is 1.39 bits per heavy atom. The molecule has 0 bridgehead atoms. The molecule has 0 saturated heterocycles. The standard InChI is InChI=1S/C11H19F3N2O2/c1-9(15,11(12,13)14)8(18)16-6-10(7-17)4-2-3-5-10/h17H,2-7,15H2,1H3,(H,16,18). The van der Waals surface area contributed by atoms with Crippen LogP contribution in [0.5, 0.6) is 0 Å². The smallest absolute Gasteiger partial charge is 0.396 e. The summed E-state index contributed by atoms with van der Waals surface area (Å²) in [6.45, 7) is 0.536. The van der Waals surface area contributed by atoms with Crippen LogP contribution in [0.1, 0.15) is 32.6 Å². The molecule has 4 nitrogen and oxygen atoms in total. The number of carbonyl (C=O) groups excluding carboxylic acids is 1. The summed E-state index contributed by atoms with van der Waals surface area (Å²) < 4.78 is 37.6. The Bertz CT molecular complexity index is 310. The molecule has 1 rings (SSSR count). The molecule has 1 unspecified atom stereocenters. The van der Waals surface area contributed by atoms with E-state index in [0.717, 1.165) is 12.8 Å². The van der Waals surface area contributed by atoms with Gasteiger partial charge in [-0.1, -0.05) is 12.8 Å². The van der Waals surface area contributed by atoms with Crippen LogP contribution in [0.15, 0.2) is 0 Å². The zero-order chi connectivity index (χ0) is 14.0. The second-order valence-electron chi connectivity index (χ2n) is 5.25. The summed E-state index contributed by atoms with van der Waals surface area (Å²) in [5, 5.41) is 11.5. The van der Waals surface area contributed by atoms with Gasteiger partial charge in [0, 0.05) is 12.0 Å². The van der Waals surface area contributed by atoms with Gasteiger partial charge in [-0.3, -0.25) is 4.79 Å². The highest BCUT2D eigenvalue weighted by Crippen LogP contribution is 2.37. The predicted molar refractivity (Wildman–Crippen MR) is 59.6 cm³/mol. The van der Waals surface area contributed by atoms with Crippen molar-refractivity contribution in [1.29, 1.82) is 0 Å². The Hall–Kier alpha value is -0.820. The maximum absolute atomic E-state index is 12.5. The van der Waals surface area contributed by atoms with E-state index in [4.69, 9.17) is 5.73 Å². The maximum atomic E-state index is 12.5. The molecule has 7 heteroatoms. The summed E-state index contributed by atoms with van der Waals surface area (Å²) in [6, 6.07) is 0. The fourth-order valence-corrected chi connectivity index (χ4v) is 2.10. The van der Waals surface area contributed by atoms with Crippen molar-refractivity contribution >= 4 is 5.91 Å². The SMILES string of the molecule is CC(N)(C(=O)NCC1(CO)CCCC1)C(F)(F)F. The van der Waals surface area contributed by atoms with Gasteiger partial charge in [0.2, 0.25) is 5.91 Å². The highest BCUT2D eigenvalue weighted by Gasteiger charge is 2.54. The minimum Gasteiger partial charge on any atom is -0.396 e. The molecule has 0 aromatic carbocycles. The van der Waals surface area contributed by atoms with E-state index in [1.54, 1.807) is 0 Å². The van der Waals surface area contributed by atoms with Gasteiger partial charge < -0.3 is 16.2 Å². The molecule has 0 heterocycles. The third-order valence-corrected chi connectivity index (χ3v) is 3.68. The first-order valence-corrected chi connectivity index (χ1v) is 5.89. The van der Waals surface area contributed by atoms with Gasteiger partial charge in [0.25, 0.3) is 0 Å². The number of aliphatic hydroxyl groups is 1. The molecule has 4 N–H and O–H groups in total. The van der Waals surface area contributed by atoms with Gasteiger partial charge in [-0.15, -0.1) is 0 Å². The fraction of sp³-hybridized carbons (Fsp3) is 0.909. The first kappa shape index (κ1) is 15.2. The predicted octanol–water partition coefficient (Wildman–Crippen LogP) is 0.935. The van der Waals surface area contributed by atoms with E-state index in [0.29, 0.717) is 19.8 Å². The number of rotatable bonds is 4. The molecule has 0 aromatic rings. The van der Waals surface area contributed by atoms with Crippen molar-refractivity contribution < 1.29 is 23.1 Å². The number of alkyl halides is 3. The van der Waals surface area contributed by atoms with E-state index in [2.05, 4.69) is 5.32 Å². The normalized spacial score (nSPS) is 22.6. The summed E-state index contributed by atoms with van der Waals surface area (Å²) >= 11 is 0. The maximum Gasteiger partial charge on any atom is 0.415 e. The van der Waals surface area contributed by atoms with Crippen LogP contribution in [-0.2, 0) is 4.79 Å². The number of halogens is 3. The van der Waals surface area contributed by atoms with Gasteiger partial charge in [-0.05, 0) is 19.8 Å². The number of nitrogens with one attached hydrogen (secondary N) is 1. The number of nitrogens with two attached hydrogens (primary N) is 1. The lowest BCUT2D eigenvalue weighted by Crippen LogP contribution is -2.62. The lowest BCUT2D eigenvalue weighted by Gasteiger charge is -2.31. The zero-order valence-corrected chi connectivity index (χ0v) is 10.3. The number of hydrogen-bond acceptors (Lipinski definition) is 3. The van der Waals surface area contributed by atoms with Crippen molar-refractivity contribution in [2.45, 2.75) is 44.3 Å². The fourth-order valence-electron chi connectivity index (χ4n) is 2.10. The molecule has 106 valence electrons. The Morgan fingerprint density at radius 2 is 1.89 bits per heavy atom. The van der Waals surface area contributed by atoms with Crippen molar-refractivity contribution in [3.63, 3.8) is 0 Å². The summed E-state index contributed by atoms with van der Waals surface area (Å²) in [6.07, 6.45) is -1.56. The Labute approximate surface area is 104 Å². The molecular formula is C11H19F3N2O2. The third kappa shape index (κ3) is 2.95. The van der Waals surface area contributed by atoms with Crippen molar-refractivity contribution in [2.75, 3.05) is 13.2 Å². The van der Waals surface area contributed by atoms with Gasteiger partial charge in [0.15, 0.2) is 5.54 Å². The number of amides is 1. The van der Waals surface area contributed by atoms with Crippen LogP contribution < -0.4 is 11.1 Å². The molecule has 1 atom stereocenters. The molecule has 0 radical (unpaired) electrons. The molecule has 0 spiro atoms. The second kappa shape index (κ2) is 5.05. The molecule has 18 heavy (non-hydrogen) atoms. The number of aliphatic hydroxyl groups excluding tert-OH is 1. The highest BCUT2D eigenvalue weighted by atomic mass is 19.4. The van der Waals surface area contributed by atoms with Gasteiger partial charge in [-0.2, -0.15) is 13.2 Å².